The lowest BCUT2D eigenvalue weighted by Gasteiger charge is -2.39. The third-order valence-electron chi connectivity index (χ3n) is 5.83. The summed E-state index contributed by atoms with van der Waals surface area (Å²) in [5.74, 6) is 2.72. The van der Waals surface area contributed by atoms with Crippen molar-refractivity contribution in [1.29, 1.82) is 0 Å². The zero-order valence-corrected chi connectivity index (χ0v) is 15.0. The highest BCUT2D eigenvalue weighted by Gasteiger charge is 2.46. The van der Waals surface area contributed by atoms with Crippen LogP contribution in [0.15, 0.2) is 18.2 Å². The third-order valence-corrected chi connectivity index (χ3v) is 5.83. The molecule has 0 spiro atoms. The summed E-state index contributed by atoms with van der Waals surface area (Å²) >= 11 is 0. The maximum Gasteiger partial charge on any atom is 0.297 e. The van der Waals surface area contributed by atoms with E-state index in [2.05, 4.69) is 52.0 Å². The molecule has 2 nitrogen and oxygen atoms in total. The first-order chi connectivity index (χ1) is 10.8. The van der Waals surface area contributed by atoms with Crippen LogP contribution in [0.25, 0.3) is 6.08 Å². The Hall–Kier alpha value is -1.57. The molecule has 1 saturated carbocycles. The highest BCUT2D eigenvalue weighted by Crippen LogP contribution is 2.46. The number of methoxy groups -OCH3 is 1. The van der Waals surface area contributed by atoms with E-state index in [1.807, 2.05) is 0 Å². The average Bonchev–Trinajstić information content (AvgIpc) is 2.70. The van der Waals surface area contributed by atoms with Crippen LogP contribution in [0.5, 0.6) is 5.75 Å². The molecule has 3 rings (SSSR count). The summed E-state index contributed by atoms with van der Waals surface area (Å²) in [6.07, 6.45) is 7.39. The Morgan fingerprint density at radius 2 is 2.00 bits per heavy atom. The Morgan fingerprint density at radius 1 is 1.26 bits per heavy atom. The van der Waals surface area contributed by atoms with Crippen LogP contribution < -0.4 is 4.74 Å². The van der Waals surface area contributed by atoms with Crippen molar-refractivity contribution in [3.8, 4) is 5.75 Å². The van der Waals surface area contributed by atoms with Crippen LogP contribution in [0.3, 0.4) is 0 Å². The minimum absolute atomic E-state index is 0.228. The predicted octanol–water partition coefficient (Wildman–Crippen LogP) is 4.99. The van der Waals surface area contributed by atoms with E-state index in [-0.39, 0.29) is 11.3 Å². The summed E-state index contributed by atoms with van der Waals surface area (Å²) in [5, 5.41) is 0. The summed E-state index contributed by atoms with van der Waals surface area (Å²) in [5.41, 5.74) is 4.07. The number of rotatable bonds is 2. The fourth-order valence-electron chi connectivity index (χ4n) is 4.25. The van der Waals surface area contributed by atoms with Crippen molar-refractivity contribution >= 4 is 11.9 Å². The molecule has 0 saturated heterocycles. The molecule has 0 aromatic heterocycles. The minimum Gasteiger partial charge on any atom is -0.496 e. The third kappa shape index (κ3) is 2.84. The predicted molar refractivity (Wildman–Crippen MR) is 96.8 cm³/mol. The summed E-state index contributed by atoms with van der Waals surface area (Å²) < 4.78 is 5.62. The molecule has 0 heterocycles. The van der Waals surface area contributed by atoms with Crippen molar-refractivity contribution in [2.75, 3.05) is 7.11 Å². The van der Waals surface area contributed by atoms with Crippen molar-refractivity contribution < 1.29 is 9.53 Å². The molecule has 0 amide bonds. The SMILES string of the molecule is COc1cc2c(cc1C(C)C)C=C[C@H]1C(C2)C(=[OH+])CCC1(C)C. The van der Waals surface area contributed by atoms with E-state index in [0.717, 1.165) is 25.0 Å². The quantitative estimate of drug-likeness (QED) is 0.708. The van der Waals surface area contributed by atoms with Crippen molar-refractivity contribution in [1.82, 2.24) is 0 Å². The first-order valence-electron chi connectivity index (χ1n) is 8.77. The number of hydrogen-bond donors (Lipinski definition) is 0. The van der Waals surface area contributed by atoms with Crippen LogP contribution in [-0.2, 0) is 6.42 Å². The van der Waals surface area contributed by atoms with Gasteiger partial charge in [-0.25, -0.2) is 0 Å². The summed E-state index contributed by atoms with van der Waals surface area (Å²) in [6, 6.07) is 4.46. The summed E-state index contributed by atoms with van der Waals surface area (Å²) in [6.45, 7) is 9.06. The number of benzene rings is 1. The molecule has 0 bridgehead atoms. The number of hydrogen-bond acceptors (Lipinski definition) is 1. The lowest BCUT2D eigenvalue weighted by Crippen LogP contribution is -2.40. The van der Waals surface area contributed by atoms with E-state index in [1.165, 1.54) is 16.7 Å². The number of ketones is 1. The molecule has 1 N–H and O–H groups in total. The molecule has 2 atom stereocenters. The molecular weight excluding hydrogens is 284 g/mol. The van der Waals surface area contributed by atoms with Crippen LogP contribution in [0.4, 0.5) is 0 Å². The second-order valence-electron chi connectivity index (χ2n) is 8.12. The molecule has 0 radical (unpaired) electrons. The van der Waals surface area contributed by atoms with Gasteiger partial charge < -0.3 is 4.74 Å². The summed E-state index contributed by atoms with van der Waals surface area (Å²) in [7, 11) is 1.75. The Labute approximate surface area is 139 Å². The highest BCUT2D eigenvalue weighted by molar-refractivity contribution is 5.85. The first kappa shape index (κ1) is 16.3. The molecule has 1 aromatic rings. The Morgan fingerprint density at radius 3 is 2.65 bits per heavy atom. The molecule has 124 valence electrons. The molecule has 2 aliphatic carbocycles. The van der Waals surface area contributed by atoms with Gasteiger partial charge in [0.15, 0.2) is 0 Å². The van der Waals surface area contributed by atoms with Gasteiger partial charge in [-0.2, -0.15) is 0 Å². The molecule has 2 heteroatoms. The monoisotopic (exact) mass is 313 g/mol. The van der Waals surface area contributed by atoms with Crippen LogP contribution in [0.2, 0.25) is 0 Å². The van der Waals surface area contributed by atoms with E-state index in [0.29, 0.717) is 17.6 Å². The van der Waals surface area contributed by atoms with Crippen molar-refractivity contribution in [2.24, 2.45) is 17.3 Å². The fraction of sp³-hybridized carbons (Fsp3) is 0.571. The normalized spacial score (nSPS) is 25.7. The van der Waals surface area contributed by atoms with Crippen LogP contribution in [-0.4, -0.2) is 17.7 Å². The van der Waals surface area contributed by atoms with Gasteiger partial charge in [-0.3, -0.25) is 4.79 Å². The molecule has 0 aliphatic heterocycles. The largest absolute Gasteiger partial charge is 0.496 e. The lowest BCUT2D eigenvalue weighted by atomic mass is 9.62. The van der Waals surface area contributed by atoms with Crippen molar-refractivity contribution in [3.63, 3.8) is 0 Å². The Bertz CT molecular complexity index is 652. The zero-order chi connectivity index (χ0) is 16.8. The van der Waals surface area contributed by atoms with E-state index in [4.69, 9.17) is 4.74 Å². The number of carbonyl (C=O) groups excluding carboxylic acids is 1. The Balaban J connectivity index is 2.07. The topological polar surface area (TPSA) is 30.6 Å². The van der Waals surface area contributed by atoms with Gasteiger partial charge in [0.25, 0.3) is 5.78 Å². The highest BCUT2D eigenvalue weighted by atomic mass is 16.5. The molecule has 2 aliphatic rings. The van der Waals surface area contributed by atoms with E-state index < -0.39 is 0 Å². The summed E-state index contributed by atoms with van der Waals surface area (Å²) in [4.78, 5) is 10.5. The Kier molecular flexibility index (Phi) is 4.12. The van der Waals surface area contributed by atoms with Crippen molar-refractivity contribution in [3.05, 3.63) is 34.9 Å². The number of ether oxygens (including phenoxy) is 1. The zero-order valence-electron chi connectivity index (χ0n) is 15.0. The van der Waals surface area contributed by atoms with Gasteiger partial charge in [-0.15, -0.1) is 0 Å². The van der Waals surface area contributed by atoms with Gasteiger partial charge in [-0.05, 0) is 58.9 Å². The van der Waals surface area contributed by atoms with Crippen LogP contribution >= 0.6 is 0 Å². The molecule has 1 aromatic carbocycles. The second-order valence-corrected chi connectivity index (χ2v) is 8.12. The maximum absolute atomic E-state index is 10.5. The maximum atomic E-state index is 10.5. The van der Waals surface area contributed by atoms with Gasteiger partial charge in [0.1, 0.15) is 5.75 Å². The van der Waals surface area contributed by atoms with E-state index in [9.17, 15) is 4.79 Å². The lowest BCUT2D eigenvalue weighted by molar-refractivity contribution is 0.175. The van der Waals surface area contributed by atoms with E-state index in [1.54, 1.807) is 7.11 Å². The van der Waals surface area contributed by atoms with Gasteiger partial charge >= 0.3 is 0 Å². The average molecular weight is 313 g/mol. The molecular formula is C21H29O2+. The first-order valence-corrected chi connectivity index (χ1v) is 8.77. The number of allylic oxidation sites excluding steroid dienone is 1. The van der Waals surface area contributed by atoms with Crippen molar-refractivity contribution in [2.45, 2.75) is 52.9 Å². The molecule has 23 heavy (non-hydrogen) atoms. The second kappa shape index (κ2) is 5.81. The smallest absolute Gasteiger partial charge is 0.297 e. The van der Waals surface area contributed by atoms with Crippen LogP contribution in [0, 0.1) is 17.3 Å². The minimum atomic E-state index is 0.228. The standard InChI is InChI=1S/C21H28O2/c1-13(2)16-10-14-6-7-18-17(11-15(14)12-20(16)23-5)19(22)8-9-21(18,3)4/h6-7,10,12-13,17-18H,8-9,11H2,1-5H3/p+1/t17?,18-/m0/s1. The fourth-order valence-corrected chi connectivity index (χ4v) is 4.25. The molecule has 1 unspecified atom stereocenters. The van der Waals surface area contributed by atoms with Gasteiger partial charge in [0, 0.05) is 0 Å². The van der Waals surface area contributed by atoms with Gasteiger partial charge in [0.2, 0.25) is 0 Å². The number of fused-ring (bicyclic) bond motifs is 2. The van der Waals surface area contributed by atoms with Gasteiger partial charge in [-0.1, -0.05) is 39.8 Å². The van der Waals surface area contributed by atoms with E-state index >= 15 is 0 Å². The van der Waals surface area contributed by atoms with Crippen LogP contribution in [0.1, 0.15) is 63.1 Å². The molecule has 1 fully saturated rings. The van der Waals surface area contributed by atoms with Gasteiger partial charge in [0.05, 0.1) is 19.4 Å².